The molecule has 0 aliphatic carbocycles. The minimum Gasteiger partial charge on any atom is -0.444 e. The van der Waals surface area contributed by atoms with E-state index in [-0.39, 0.29) is 11.3 Å². The van der Waals surface area contributed by atoms with Crippen molar-refractivity contribution in [3.8, 4) is 0 Å². The summed E-state index contributed by atoms with van der Waals surface area (Å²) in [6.07, 6.45) is -0.464. The molecule has 0 unspecified atom stereocenters. The monoisotopic (exact) mass is 487 g/mol. The van der Waals surface area contributed by atoms with Crippen LogP contribution in [0.1, 0.15) is 31.7 Å². The largest absolute Gasteiger partial charge is 0.444 e. The van der Waals surface area contributed by atoms with E-state index in [2.05, 4.69) is 17.0 Å². The number of hydrogen-bond donors (Lipinski definition) is 0. The normalized spacial score (nSPS) is 21.3. The van der Waals surface area contributed by atoms with Crippen molar-refractivity contribution in [3.63, 3.8) is 0 Å². The van der Waals surface area contributed by atoms with Gasteiger partial charge in [0.15, 0.2) is 0 Å². The van der Waals surface area contributed by atoms with E-state index in [1.807, 2.05) is 68.1 Å². The summed E-state index contributed by atoms with van der Waals surface area (Å²) >= 11 is 7.65. The summed E-state index contributed by atoms with van der Waals surface area (Å²) in [4.78, 5) is 32.6. The number of nitrogens with zero attached hydrogens (tertiary/aromatic N) is 3. The highest BCUT2D eigenvalue weighted by Gasteiger charge is 2.45. The fourth-order valence-corrected chi connectivity index (χ4v) is 5.69. The van der Waals surface area contributed by atoms with Crippen molar-refractivity contribution >= 4 is 41.1 Å². The molecule has 2 aromatic carbocycles. The number of benzene rings is 2. The minimum atomic E-state index is -0.649. The molecular weight excluding hydrogens is 458 g/mol. The van der Waals surface area contributed by atoms with E-state index >= 15 is 0 Å². The van der Waals surface area contributed by atoms with E-state index in [1.54, 1.807) is 16.7 Å². The van der Waals surface area contributed by atoms with Gasteiger partial charge >= 0.3 is 6.09 Å². The van der Waals surface area contributed by atoms with Crippen LogP contribution in [0.2, 0.25) is 5.02 Å². The van der Waals surface area contributed by atoms with Crippen LogP contribution >= 0.6 is 23.4 Å². The van der Waals surface area contributed by atoms with Crippen LogP contribution in [-0.4, -0.2) is 65.4 Å². The van der Waals surface area contributed by atoms with Crippen molar-refractivity contribution in [1.29, 1.82) is 0 Å². The van der Waals surface area contributed by atoms with Gasteiger partial charge in [-0.25, -0.2) is 4.79 Å². The summed E-state index contributed by atoms with van der Waals surface area (Å²) in [6, 6.07) is 17.1. The van der Waals surface area contributed by atoms with Gasteiger partial charge in [-0.2, -0.15) is 0 Å². The molecule has 0 radical (unpaired) electrons. The molecule has 2 aliphatic rings. The van der Waals surface area contributed by atoms with E-state index in [9.17, 15) is 9.59 Å². The molecule has 6 nitrogen and oxygen atoms in total. The molecule has 176 valence electrons. The molecule has 2 heterocycles. The predicted octanol–water partition coefficient (Wildman–Crippen LogP) is 5.04. The number of hydrogen-bond acceptors (Lipinski definition) is 5. The highest BCUT2D eigenvalue weighted by Crippen LogP contribution is 2.43. The number of carbonyl (C=O) groups is 2. The first-order valence-corrected chi connectivity index (χ1v) is 12.6. The highest BCUT2D eigenvalue weighted by atomic mass is 35.5. The average molecular weight is 488 g/mol. The summed E-state index contributed by atoms with van der Waals surface area (Å²) in [6.45, 7) is 8.30. The van der Waals surface area contributed by atoms with Crippen LogP contribution in [-0.2, 0) is 9.53 Å². The fraction of sp³-hybridized carbons (Fsp3) is 0.440. The van der Waals surface area contributed by atoms with E-state index in [0.29, 0.717) is 23.9 Å². The molecule has 8 heteroatoms. The lowest BCUT2D eigenvalue weighted by atomic mass is 10.1. The zero-order valence-corrected chi connectivity index (χ0v) is 20.8. The van der Waals surface area contributed by atoms with E-state index < -0.39 is 17.7 Å². The molecule has 0 spiro atoms. The van der Waals surface area contributed by atoms with E-state index in [0.717, 1.165) is 18.7 Å². The van der Waals surface area contributed by atoms with Crippen molar-refractivity contribution in [3.05, 3.63) is 65.2 Å². The number of amides is 2. The molecule has 0 saturated carbocycles. The Bertz CT molecular complexity index is 973. The summed E-state index contributed by atoms with van der Waals surface area (Å²) < 4.78 is 5.71. The Morgan fingerprint density at radius 3 is 2.21 bits per heavy atom. The predicted molar refractivity (Wildman–Crippen MR) is 134 cm³/mol. The smallest absolute Gasteiger partial charge is 0.412 e. The van der Waals surface area contributed by atoms with Gasteiger partial charge in [0.05, 0.1) is 0 Å². The van der Waals surface area contributed by atoms with Crippen molar-refractivity contribution in [1.82, 2.24) is 9.80 Å². The molecule has 2 amide bonds. The number of para-hydroxylation sites is 1. The van der Waals surface area contributed by atoms with Gasteiger partial charge in [0.25, 0.3) is 0 Å². The second kappa shape index (κ2) is 9.85. The maximum absolute atomic E-state index is 13.6. The Morgan fingerprint density at radius 2 is 1.61 bits per heavy atom. The van der Waals surface area contributed by atoms with Gasteiger partial charge in [0.2, 0.25) is 5.91 Å². The van der Waals surface area contributed by atoms with Crippen LogP contribution in [0.15, 0.2) is 54.6 Å². The second-order valence-electron chi connectivity index (χ2n) is 9.29. The van der Waals surface area contributed by atoms with Crippen LogP contribution in [0.4, 0.5) is 10.5 Å². The molecule has 2 atom stereocenters. The number of carbonyl (C=O) groups excluding carboxylic acids is 2. The lowest BCUT2D eigenvalue weighted by Crippen LogP contribution is -2.55. The van der Waals surface area contributed by atoms with Crippen molar-refractivity contribution in [2.75, 3.05) is 36.8 Å². The fourth-order valence-electron chi connectivity index (χ4n) is 4.15. The first-order chi connectivity index (χ1) is 15.7. The van der Waals surface area contributed by atoms with Gasteiger partial charge in [0.1, 0.15) is 17.0 Å². The van der Waals surface area contributed by atoms with Crippen LogP contribution in [0.25, 0.3) is 0 Å². The third-order valence-corrected chi connectivity index (χ3v) is 7.33. The topological polar surface area (TPSA) is 53.1 Å². The average Bonchev–Trinajstić information content (AvgIpc) is 3.24. The molecule has 2 saturated heterocycles. The number of thioether (sulfide) groups is 1. The number of rotatable bonds is 3. The Morgan fingerprint density at radius 1 is 0.970 bits per heavy atom. The van der Waals surface area contributed by atoms with Crippen LogP contribution in [0.3, 0.4) is 0 Å². The number of piperazine rings is 1. The third kappa shape index (κ3) is 5.58. The Kier molecular flexibility index (Phi) is 7.10. The van der Waals surface area contributed by atoms with Crippen molar-refractivity contribution < 1.29 is 14.3 Å². The quantitative estimate of drug-likeness (QED) is 0.607. The third-order valence-electron chi connectivity index (χ3n) is 5.76. The van der Waals surface area contributed by atoms with Gasteiger partial charge in [-0.15, -0.1) is 11.8 Å². The molecular formula is C25H30ClN3O3S. The van der Waals surface area contributed by atoms with Crippen LogP contribution in [0, 0.1) is 0 Å². The SMILES string of the molecule is CC(C)(C)OC(=O)N1[C@@H](C(=O)N2CCN(c3ccccc3)CC2)CS[C@@H]1c1ccc(Cl)cc1. The summed E-state index contributed by atoms with van der Waals surface area (Å²) in [7, 11) is 0. The molecule has 2 aromatic rings. The number of anilines is 1. The second-order valence-corrected chi connectivity index (χ2v) is 10.8. The molecule has 4 rings (SSSR count). The van der Waals surface area contributed by atoms with Crippen molar-refractivity contribution in [2.24, 2.45) is 0 Å². The minimum absolute atomic E-state index is 0.0162. The molecule has 2 fully saturated rings. The Labute approximate surface area is 204 Å². The zero-order chi connectivity index (χ0) is 23.6. The Hall–Kier alpha value is -2.38. The zero-order valence-electron chi connectivity index (χ0n) is 19.2. The molecule has 0 bridgehead atoms. The summed E-state index contributed by atoms with van der Waals surface area (Å²) in [5, 5.41) is 0.339. The van der Waals surface area contributed by atoms with Crippen molar-refractivity contribution in [2.45, 2.75) is 37.8 Å². The van der Waals surface area contributed by atoms with Crippen LogP contribution in [0.5, 0.6) is 0 Å². The number of ether oxygens (including phenoxy) is 1. The maximum Gasteiger partial charge on any atom is 0.412 e. The lowest BCUT2D eigenvalue weighted by molar-refractivity contribution is -0.136. The first kappa shape index (κ1) is 23.8. The molecule has 0 N–H and O–H groups in total. The Balaban J connectivity index is 1.50. The molecule has 2 aliphatic heterocycles. The lowest BCUT2D eigenvalue weighted by Gasteiger charge is -2.39. The van der Waals surface area contributed by atoms with Gasteiger partial charge < -0.3 is 14.5 Å². The van der Waals surface area contributed by atoms with Crippen LogP contribution < -0.4 is 4.90 Å². The maximum atomic E-state index is 13.6. The summed E-state index contributed by atoms with van der Waals surface area (Å²) in [5.74, 6) is 0.516. The van der Waals surface area contributed by atoms with Gasteiger partial charge in [-0.3, -0.25) is 9.69 Å². The highest BCUT2D eigenvalue weighted by molar-refractivity contribution is 7.99. The van der Waals surface area contributed by atoms with E-state index in [1.165, 1.54) is 5.69 Å². The number of halogens is 1. The van der Waals surface area contributed by atoms with Gasteiger partial charge in [-0.05, 0) is 50.6 Å². The van der Waals surface area contributed by atoms with Gasteiger partial charge in [0, 0.05) is 42.6 Å². The molecule has 0 aromatic heterocycles. The van der Waals surface area contributed by atoms with Gasteiger partial charge in [-0.1, -0.05) is 41.9 Å². The summed E-state index contributed by atoms with van der Waals surface area (Å²) in [5.41, 5.74) is 1.45. The molecule has 33 heavy (non-hydrogen) atoms. The first-order valence-electron chi connectivity index (χ1n) is 11.2. The standard InChI is InChI=1S/C25H30ClN3O3S/c1-25(2,3)32-24(31)29-21(17-33-23(29)18-9-11-19(26)12-10-18)22(30)28-15-13-27(14-16-28)20-7-5-4-6-8-20/h4-12,21,23H,13-17H2,1-3H3/t21-,23-/m1/s1. The van der Waals surface area contributed by atoms with E-state index in [4.69, 9.17) is 16.3 Å².